The van der Waals surface area contributed by atoms with Crippen LogP contribution in [0.5, 0.6) is 17.2 Å². The molecule has 0 spiro atoms. The van der Waals surface area contributed by atoms with Crippen molar-refractivity contribution in [3.63, 3.8) is 0 Å². The van der Waals surface area contributed by atoms with Gasteiger partial charge in [-0.3, -0.25) is 0 Å². The van der Waals surface area contributed by atoms with E-state index in [0.717, 1.165) is 39.3 Å². The van der Waals surface area contributed by atoms with Crippen molar-refractivity contribution in [3.8, 4) is 39.5 Å². The molecule has 4 nitrogen and oxygen atoms in total. The van der Waals surface area contributed by atoms with Crippen molar-refractivity contribution in [3.05, 3.63) is 121 Å². The van der Waals surface area contributed by atoms with Crippen LogP contribution in [0, 0.1) is 0 Å². The van der Waals surface area contributed by atoms with Crippen LogP contribution in [-0.2, 0) is 0 Å². The molecule has 0 aromatic heterocycles. The molecular formula is C30H23NO3. The van der Waals surface area contributed by atoms with Gasteiger partial charge in [-0.05, 0) is 95.1 Å². The van der Waals surface area contributed by atoms with Crippen LogP contribution < -0.4 is 4.90 Å². The number of phenols is 3. The van der Waals surface area contributed by atoms with Crippen molar-refractivity contribution >= 4 is 17.1 Å². The molecule has 0 bridgehead atoms. The Kier molecular flexibility index (Phi) is 5.63. The summed E-state index contributed by atoms with van der Waals surface area (Å²) in [5.74, 6) is 0.707. The smallest absolute Gasteiger partial charge is 0.115 e. The average Bonchev–Trinajstić information content (AvgIpc) is 2.87. The number of hydrogen-bond acceptors (Lipinski definition) is 4. The molecule has 34 heavy (non-hydrogen) atoms. The van der Waals surface area contributed by atoms with Crippen molar-refractivity contribution in [1.29, 1.82) is 0 Å². The van der Waals surface area contributed by atoms with E-state index in [1.807, 2.05) is 36.4 Å². The van der Waals surface area contributed by atoms with Crippen molar-refractivity contribution < 1.29 is 15.3 Å². The van der Waals surface area contributed by atoms with E-state index in [2.05, 4.69) is 53.4 Å². The van der Waals surface area contributed by atoms with Crippen LogP contribution in [0.1, 0.15) is 0 Å². The Bertz CT molecular complexity index is 1290. The summed E-state index contributed by atoms with van der Waals surface area (Å²) in [6.07, 6.45) is 0. The van der Waals surface area contributed by atoms with Crippen LogP contribution in [-0.4, -0.2) is 15.3 Å². The summed E-state index contributed by atoms with van der Waals surface area (Å²) in [5.41, 5.74) is 7.04. The predicted octanol–water partition coefficient (Wildman–Crippen LogP) is 7.61. The lowest BCUT2D eigenvalue weighted by atomic mass is 10.0. The van der Waals surface area contributed by atoms with Gasteiger partial charge in [-0.25, -0.2) is 0 Å². The summed E-state index contributed by atoms with van der Waals surface area (Å²) in [5, 5.41) is 28.9. The fourth-order valence-electron chi connectivity index (χ4n) is 3.96. The number of benzene rings is 5. The minimum absolute atomic E-state index is 0.217. The molecule has 0 aliphatic carbocycles. The molecular weight excluding hydrogens is 422 g/mol. The average molecular weight is 446 g/mol. The van der Waals surface area contributed by atoms with Crippen molar-refractivity contribution in [2.45, 2.75) is 0 Å². The number of phenolic OH excluding ortho intramolecular Hbond substituents is 3. The first-order chi connectivity index (χ1) is 16.6. The van der Waals surface area contributed by atoms with Gasteiger partial charge in [0.25, 0.3) is 0 Å². The van der Waals surface area contributed by atoms with Gasteiger partial charge >= 0.3 is 0 Å². The Labute approximate surface area is 198 Å². The first kappa shape index (κ1) is 21.2. The largest absolute Gasteiger partial charge is 0.508 e. The van der Waals surface area contributed by atoms with E-state index < -0.39 is 0 Å². The molecule has 4 heteroatoms. The van der Waals surface area contributed by atoms with Crippen molar-refractivity contribution in [1.82, 2.24) is 0 Å². The van der Waals surface area contributed by atoms with Gasteiger partial charge in [0.2, 0.25) is 0 Å². The minimum atomic E-state index is 0.217. The molecule has 3 N–H and O–H groups in total. The highest BCUT2D eigenvalue weighted by molar-refractivity contribution is 5.80. The molecule has 0 amide bonds. The molecule has 0 unspecified atom stereocenters. The first-order valence-electron chi connectivity index (χ1n) is 10.9. The zero-order valence-corrected chi connectivity index (χ0v) is 18.3. The molecule has 0 fully saturated rings. The number of aromatic hydroxyl groups is 3. The normalized spacial score (nSPS) is 10.7. The van der Waals surface area contributed by atoms with Gasteiger partial charge in [0.1, 0.15) is 17.2 Å². The van der Waals surface area contributed by atoms with E-state index >= 15 is 0 Å². The third-order valence-electron chi connectivity index (χ3n) is 5.76. The highest BCUT2D eigenvalue weighted by Crippen LogP contribution is 2.37. The van der Waals surface area contributed by atoms with Crippen LogP contribution in [0.2, 0.25) is 0 Å². The highest BCUT2D eigenvalue weighted by atomic mass is 16.3. The number of rotatable bonds is 5. The second kappa shape index (κ2) is 9.04. The third-order valence-corrected chi connectivity index (χ3v) is 5.76. The van der Waals surface area contributed by atoms with E-state index in [4.69, 9.17) is 0 Å². The summed E-state index contributed by atoms with van der Waals surface area (Å²) in [6, 6.07) is 37.9. The minimum Gasteiger partial charge on any atom is -0.508 e. The summed E-state index contributed by atoms with van der Waals surface area (Å²) in [6.45, 7) is 0. The molecule has 0 heterocycles. The lowest BCUT2D eigenvalue weighted by Crippen LogP contribution is -2.09. The van der Waals surface area contributed by atoms with Crippen LogP contribution in [0.25, 0.3) is 22.3 Å². The van der Waals surface area contributed by atoms with Gasteiger partial charge < -0.3 is 20.2 Å². The zero-order chi connectivity index (χ0) is 23.5. The second-order valence-corrected chi connectivity index (χ2v) is 8.04. The maximum Gasteiger partial charge on any atom is 0.115 e. The molecule has 166 valence electrons. The van der Waals surface area contributed by atoms with E-state index in [9.17, 15) is 15.3 Å². The van der Waals surface area contributed by atoms with Gasteiger partial charge in [0.15, 0.2) is 0 Å². The Balaban J connectivity index is 1.51. The van der Waals surface area contributed by atoms with E-state index in [1.165, 1.54) is 0 Å². The molecule has 0 aliphatic rings. The first-order valence-corrected chi connectivity index (χ1v) is 10.9. The van der Waals surface area contributed by atoms with Gasteiger partial charge in [0, 0.05) is 17.1 Å². The lowest BCUT2D eigenvalue weighted by Gasteiger charge is -2.26. The molecule has 5 rings (SSSR count). The maximum atomic E-state index is 9.79. The number of nitrogens with zero attached hydrogens (tertiary/aromatic N) is 1. The Hall–Kier alpha value is -4.70. The maximum absolute atomic E-state index is 9.79. The van der Waals surface area contributed by atoms with Crippen molar-refractivity contribution in [2.75, 3.05) is 4.90 Å². The quantitative estimate of drug-likeness (QED) is 0.260. The fourth-order valence-corrected chi connectivity index (χ4v) is 3.96. The predicted molar refractivity (Wildman–Crippen MR) is 137 cm³/mol. The molecule has 0 aliphatic heterocycles. The van der Waals surface area contributed by atoms with Crippen LogP contribution in [0.3, 0.4) is 0 Å². The summed E-state index contributed by atoms with van der Waals surface area (Å²) < 4.78 is 0. The Morgan fingerprint density at radius 3 is 0.794 bits per heavy atom. The molecule has 0 radical (unpaired) electrons. The van der Waals surface area contributed by atoms with E-state index in [-0.39, 0.29) is 17.2 Å². The zero-order valence-electron chi connectivity index (χ0n) is 18.3. The van der Waals surface area contributed by atoms with Gasteiger partial charge in [-0.2, -0.15) is 0 Å². The van der Waals surface area contributed by atoms with E-state index in [1.54, 1.807) is 36.4 Å². The molecule has 0 atom stereocenters. The van der Waals surface area contributed by atoms with Crippen LogP contribution >= 0.6 is 0 Å². The van der Waals surface area contributed by atoms with Crippen molar-refractivity contribution in [2.24, 2.45) is 0 Å². The third kappa shape index (κ3) is 4.43. The lowest BCUT2D eigenvalue weighted by molar-refractivity contribution is 0.475. The Morgan fingerprint density at radius 2 is 0.500 bits per heavy atom. The SMILES string of the molecule is Oc1ccc(-c2ccc(N(c3ccc(O)cc3)c3ccc(-c4ccc(O)cc4)cc3)cc2)cc1. The number of hydrogen-bond donors (Lipinski definition) is 3. The highest BCUT2D eigenvalue weighted by Gasteiger charge is 2.13. The van der Waals surface area contributed by atoms with Gasteiger partial charge in [-0.15, -0.1) is 0 Å². The van der Waals surface area contributed by atoms with Gasteiger partial charge in [0.05, 0.1) is 0 Å². The summed E-state index contributed by atoms with van der Waals surface area (Å²) in [7, 11) is 0. The Morgan fingerprint density at radius 1 is 0.294 bits per heavy atom. The summed E-state index contributed by atoms with van der Waals surface area (Å²) >= 11 is 0. The second-order valence-electron chi connectivity index (χ2n) is 8.04. The molecule has 5 aromatic rings. The van der Waals surface area contributed by atoms with Gasteiger partial charge in [-0.1, -0.05) is 48.5 Å². The molecule has 5 aromatic carbocycles. The summed E-state index contributed by atoms with van der Waals surface area (Å²) in [4.78, 5) is 2.13. The standard InChI is InChI=1S/C30H23NO3/c32-28-15-5-23(6-16-28)21-1-9-25(10-2-21)31(27-13-19-30(34)20-14-27)26-11-3-22(4-12-26)24-7-17-29(33)18-8-24/h1-20,32-34H. The molecule has 0 saturated carbocycles. The monoisotopic (exact) mass is 445 g/mol. The fraction of sp³-hybridized carbons (Fsp3) is 0. The molecule has 0 saturated heterocycles. The van der Waals surface area contributed by atoms with Crippen LogP contribution in [0.15, 0.2) is 121 Å². The topological polar surface area (TPSA) is 63.9 Å². The van der Waals surface area contributed by atoms with E-state index in [0.29, 0.717) is 0 Å². The van der Waals surface area contributed by atoms with Crippen LogP contribution in [0.4, 0.5) is 17.1 Å². The number of anilines is 3.